The Hall–Kier alpha value is -3.22. The lowest BCUT2D eigenvalue weighted by Gasteiger charge is -2.14. The average molecular weight is 344 g/mol. The molecule has 0 fully saturated rings. The van der Waals surface area contributed by atoms with Gasteiger partial charge in [0.05, 0.1) is 0 Å². The van der Waals surface area contributed by atoms with Crippen molar-refractivity contribution in [3.63, 3.8) is 0 Å². The lowest BCUT2D eigenvalue weighted by Crippen LogP contribution is -2.42. The van der Waals surface area contributed by atoms with Crippen LogP contribution in [0, 0.1) is 11.6 Å². The first-order valence-electron chi connectivity index (χ1n) is 7.49. The van der Waals surface area contributed by atoms with Crippen LogP contribution in [0.25, 0.3) is 10.9 Å². The number of hydrogen-bond donors (Lipinski definition) is 3. The summed E-state index contributed by atoms with van der Waals surface area (Å²) in [6, 6.07) is 8.82. The van der Waals surface area contributed by atoms with Crippen LogP contribution < -0.4 is 5.32 Å². The molecule has 1 aromatic heterocycles. The van der Waals surface area contributed by atoms with Crippen LogP contribution >= 0.6 is 0 Å². The van der Waals surface area contributed by atoms with Crippen molar-refractivity contribution in [2.75, 3.05) is 0 Å². The Bertz CT molecular complexity index is 952. The number of aliphatic carboxylic acids is 1. The predicted octanol–water partition coefficient (Wildman–Crippen LogP) is 2.87. The molecule has 7 heteroatoms. The van der Waals surface area contributed by atoms with Crippen molar-refractivity contribution in [2.24, 2.45) is 0 Å². The van der Waals surface area contributed by atoms with Gasteiger partial charge in [-0.1, -0.05) is 18.2 Å². The molecule has 0 saturated heterocycles. The van der Waals surface area contributed by atoms with Crippen molar-refractivity contribution >= 4 is 22.8 Å². The lowest BCUT2D eigenvalue weighted by molar-refractivity contribution is -0.139. The van der Waals surface area contributed by atoms with Gasteiger partial charge in [-0.2, -0.15) is 0 Å². The van der Waals surface area contributed by atoms with Gasteiger partial charge in [0.25, 0.3) is 5.91 Å². The van der Waals surface area contributed by atoms with E-state index in [2.05, 4.69) is 10.3 Å². The summed E-state index contributed by atoms with van der Waals surface area (Å²) < 4.78 is 26.2. The quantitative estimate of drug-likeness (QED) is 0.666. The van der Waals surface area contributed by atoms with E-state index in [4.69, 9.17) is 0 Å². The Labute approximate surface area is 141 Å². The summed E-state index contributed by atoms with van der Waals surface area (Å²) >= 11 is 0. The van der Waals surface area contributed by atoms with Gasteiger partial charge >= 0.3 is 5.97 Å². The van der Waals surface area contributed by atoms with E-state index in [1.807, 2.05) is 24.3 Å². The second-order valence-corrected chi connectivity index (χ2v) is 5.56. The minimum Gasteiger partial charge on any atom is -0.480 e. The Morgan fingerprint density at radius 3 is 2.60 bits per heavy atom. The monoisotopic (exact) mass is 344 g/mol. The molecule has 128 valence electrons. The molecule has 0 aliphatic heterocycles. The highest BCUT2D eigenvalue weighted by Gasteiger charge is 2.23. The number of aromatic nitrogens is 1. The first-order valence-corrected chi connectivity index (χ1v) is 7.49. The number of benzene rings is 2. The van der Waals surface area contributed by atoms with Crippen LogP contribution in [0.15, 0.2) is 48.7 Å². The Kier molecular flexibility index (Phi) is 4.47. The smallest absolute Gasteiger partial charge is 0.326 e. The van der Waals surface area contributed by atoms with Crippen LogP contribution in [0.5, 0.6) is 0 Å². The standard InChI is InChI=1S/C18H14F2N2O3/c19-13-6-5-10(7-14(13)20)17(23)22-16(18(24)25)8-11-9-21-15-4-2-1-3-12(11)15/h1-7,9,16,21H,8H2,(H,22,23)(H,24,25)/t16-/m0/s1. The fourth-order valence-corrected chi connectivity index (χ4v) is 2.60. The number of nitrogens with one attached hydrogen (secondary N) is 2. The highest BCUT2D eigenvalue weighted by atomic mass is 19.2. The molecule has 1 atom stereocenters. The second-order valence-electron chi connectivity index (χ2n) is 5.56. The minimum absolute atomic E-state index is 0.0504. The maximum atomic E-state index is 13.2. The highest BCUT2D eigenvalue weighted by molar-refractivity contribution is 5.96. The van der Waals surface area contributed by atoms with Crippen molar-refractivity contribution in [2.45, 2.75) is 12.5 Å². The van der Waals surface area contributed by atoms with Crippen LogP contribution in [-0.2, 0) is 11.2 Å². The molecule has 1 amide bonds. The van der Waals surface area contributed by atoms with Crippen molar-refractivity contribution in [3.8, 4) is 0 Å². The molecular weight excluding hydrogens is 330 g/mol. The second kappa shape index (κ2) is 6.72. The number of carboxylic acids is 1. The predicted molar refractivity (Wildman–Crippen MR) is 87.3 cm³/mol. The first-order chi connectivity index (χ1) is 12.0. The number of H-pyrrole nitrogens is 1. The van der Waals surface area contributed by atoms with Crippen LogP contribution in [0.2, 0.25) is 0 Å². The van der Waals surface area contributed by atoms with E-state index in [-0.39, 0.29) is 12.0 Å². The van der Waals surface area contributed by atoms with Crippen molar-refractivity contribution in [1.82, 2.24) is 10.3 Å². The molecule has 0 unspecified atom stereocenters. The molecule has 1 heterocycles. The maximum absolute atomic E-state index is 13.2. The molecule has 0 bridgehead atoms. The summed E-state index contributed by atoms with van der Waals surface area (Å²) in [6.45, 7) is 0. The number of para-hydroxylation sites is 1. The Balaban J connectivity index is 1.80. The van der Waals surface area contributed by atoms with Crippen LogP contribution in [0.4, 0.5) is 8.78 Å². The number of amides is 1. The van der Waals surface area contributed by atoms with E-state index in [0.29, 0.717) is 0 Å². The number of halogens is 2. The van der Waals surface area contributed by atoms with Gasteiger partial charge in [0.1, 0.15) is 6.04 Å². The van der Waals surface area contributed by atoms with Gasteiger partial charge in [0, 0.05) is 29.1 Å². The third-order valence-corrected chi connectivity index (χ3v) is 3.88. The first kappa shape index (κ1) is 16.6. The Morgan fingerprint density at radius 1 is 1.12 bits per heavy atom. The van der Waals surface area contributed by atoms with E-state index in [9.17, 15) is 23.5 Å². The number of rotatable bonds is 5. The molecule has 0 aliphatic carbocycles. The third-order valence-electron chi connectivity index (χ3n) is 3.88. The van der Waals surface area contributed by atoms with Gasteiger partial charge in [-0.05, 0) is 29.8 Å². The van der Waals surface area contributed by atoms with Gasteiger partial charge in [-0.15, -0.1) is 0 Å². The van der Waals surface area contributed by atoms with Crippen molar-refractivity contribution < 1.29 is 23.5 Å². The number of carbonyl (C=O) groups excluding carboxylic acids is 1. The average Bonchev–Trinajstić information content (AvgIpc) is 2.99. The van der Waals surface area contributed by atoms with E-state index in [0.717, 1.165) is 34.7 Å². The summed E-state index contributed by atoms with van der Waals surface area (Å²) in [7, 11) is 0. The van der Waals surface area contributed by atoms with E-state index in [1.165, 1.54) is 0 Å². The van der Waals surface area contributed by atoms with Crippen LogP contribution in [0.3, 0.4) is 0 Å². The highest BCUT2D eigenvalue weighted by Crippen LogP contribution is 2.19. The number of carboxylic acid groups (broad SMARTS) is 1. The molecule has 0 aliphatic rings. The zero-order valence-corrected chi connectivity index (χ0v) is 12.9. The third kappa shape index (κ3) is 3.50. The molecule has 3 N–H and O–H groups in total. The summed E-state index contributed by atoms with van der Waals surface area (Å²) in [5.74, 6) is -4.26. The zero-order chi connectivity index (χ0) is 18.0. The van der Waals surface area contributed by atoms with Gasteiger partial charge < -0.3 is 15.4 Å². The number of carbonyl (C=O) groups is 2. The minimum atomic E-state index is -1.22. The fraction of sp³-hybridized carbons (Fsp3) is 0.111. The number of aromatic amines is 1. The molecule has 0 radical (unpaired) electrons. The molecule has 25 heavy (non-hydrogen) atoms. The molecule has 3 rings (SSSR count). The number of hydrogen-bond acceptors (Lipinski definition) is 2. The normalized spacial score (nSPS) is 12.1. The van der Waals surface area contributed by atoms with E-state index >= 15 is 0 Å². The summed E-state index contributed by atoms with van der Waals surface area (Å²) in [4.78, 5) is 26.7. The fourth-order valence-electron chi connectivity index (χ4n) is 2.60. The molecule has 3 aromatic rings. The molecule has 0 saturated carbocycles. The van der Waals surface area contributed by atoms with Crippen molar-refractivity contribution in [3.05, 3.63) is 71.4 Å². The molecule has 2 aromatic carbocycles. The van der Waals surface area contributed by atoms with E-state index in [1.54, 1.807) is 6.20 Å². The summed E-state index contributed by atoms with van der Waals surface area (Å²) in [6.07, 6.45) is 1.74. The van der Waals surface area contributed by atoms with Crippen LogP contribution in [-0.4, -0.2) is 28.0 Å². The van der Waals surface area contributed by atoms with Gasteiger partial charge in [0.15, 0.2) is 11.6 Å². The molecular formula is C18H14F2N2O3. The zero-order valence-electron chi connectivity index (χ0n) is 12.9. The number of fused-ring (bicyclic) bond motifs is 1. The molecule has 5 nitrogen and oxygen atoms in total. The summed E-state index contributed by atoms with van der Waals surface area (Å²) in [5.41, 5.74) is 1.44. The molecule has 0 spiro atoms. The SMILES string of the molecule is O=C(N[C@@H](Cc1c[nH]c2ccccc12)C(=O)O)c1ccc(F)c(F)c1. The van der Waals surface area contributed by atoms with Gasteiger partial charge in [0.2, 0.25) is 0 Å². The summed E-state index contributed by atoms with van der Waals surface area (Å²) in [5, 5.41) is 12.6. The lowest BCUT2D eigenvalue weighted by atomic mass is 10.0. The largest absolute Gasteiger partial charge is 0.480 e. The van der Waals surface area contributed by atoms with Gasteiger partial charge in [-0.25, -0.2) is 13.6 Å². The maximum Gasteiger partial charge on any atom is 0.326 e. The Morgan fingerprint density at radius 2 is 1.88 bits per heavy atom. The topological polar surface area (TPSA) is 82.2 Å². The van der Waals surface area contributed by atoms with Gasteiger partial charge in [-0.3, -0.25) is 4.79 Å². The van der Waals surface area contributed by atoms with Crippen LogP contribution in [0.1, 0.15) is 15.9 Å². The van der Waals surface area contributed by atoms with E-state index < -0.39 is 29.6 Å². The van der Waals surface area contributed by atoms with Crippen molar-refractivity contribution in [1.29, 1.82) is 0 Å².